The normalized spacial score (nSPS) is 19.1. The van der Waals surface area contributed by atoms with Crippen LogP contribution < -0.4 is 0 Å². The predicted octanol–water partition coefficient (Wildman–Crippen LogP) is 1.66. The Morgan fingerprint density at radius 3 is 3.10 bits per heavy atom. The maximum absolute atomic E-state index is 12.3. The van der Waals surface area contributed by atoms with Crippen molar-refractivity contribution >= 4 is 16.9 Å². The number of piperidine rings is 1. The minimum absolute atomic E-state index is 0.172. The Hall–Kier alpha value is -1.88. The Balaban J connectivity index is 1.60. The zero-order valence-electron chi connectivity index (χ0n) is 12.1. The molecule has 5 nitrogen and oxygen atoms in total. The number of fused-ring (bicyclic) bond motifs is 1. The average Bonchev–Trinajstić information content (AvgIpc) is 2.96. The van der Waals surface area contributed by atoms with E-state index in [4.69, 9.17) is 0 Å². The average molecular weight is 287 g/mol. The van der Waals surface area contributed by atoms with E-state index in [0.717, 1.165) is 30.4 Å². The van der Waals surface area contributed by atoms with Gasteiger partial charge in [-0.2, -0.15) is 0 Å². The van der Waals surface area contributed by atoms with Crippen molar-refractivity contribution in [3.05, 3.63) is 30.6 Å². The van der Waals surface area contributed by atoms with Gasteiger partial charge in [0, 0.05) is 32.7 Å². The van der Waals surface area contributed by atoms with Crippen LogP contribution in [-0.4, -0.2) is 45.2 Å². The highest BCUT2D eigenvalue weighted by atomic mass is 16.3. The Morgan fingerprint density at radius 1 is 1.38 bits per heavy atom. The van der Waals surface area contributed by atoms with Gasteiger partial charge in [0.05, 0.1) is 17.4 Å². The smallest absolute Gasteiger partial charge is 0.224 e. The van der Waals surface area contributed by atoms with Crippen LogP contribution in [0.2, 0.25) is 0 Å². The lowest BCUT2D eigenvalue weighted by atomic mass is 9.99. The molecule has 2 heterocycles. The number of hydrogen-bond acceptors (Lipinski definition) is 3. The van der Waals surface area contributed by atoms with Gasteiger partial charge >= 0.3 is 0 Å². The monoisotopic (exact) mass is 287 g/mol. The minimum Gasteiger partial charge on any atom is -0.396 e. The zero-order chi connectivity index (χ0) is 14.7. The van der Waals surface area contributed by atoms with Crippen LogP contribution >= 0.6 is 0 Å². The van der Waals surface area contributed by atoms with Crippen molar-refractivity contribution in [1.82, 2.24) is 14.5 Å². The second-order valence-corrected chi connectivity index (χ2v) is 5.71. The Morgan fingerprint density at radius 2 is 2.24 bits per heavy atom. The number of aliphatic hydroxyl groups excluding tert-OH is 1. The number of para-hydroxylation sites is 2. The first kappa shape index (κ1) is 14.1. The molecule has 2 aromatic rings. The second-order valence-electron chi connectivity index (χ2n) is 5.71. The van der Waals surface area contributed by atoms with Gasteiger partial charge in [0.25, 0.3) is 0 Å². The molecule has 1 saturated heterocycles. The van der Waals surface area contributed by atoms with E-state index in [1.165, 1.54) is 0 Å². The minimum atomic E-state index is 0.172. The molecule has 1 aliphatic rings. The van der Waals surface area contributed by atoms with Crippen LogP contribution in [-0.2, 0) is 11.3 Å². The van der Waals surface area contributed by atoms with Gasteiger partial charge in [-0.25, -0.2) is 4.98 Å². The number of carbonyl (C=O) groups excluding carboxylic acids is 1. The third kappa shape index (κ3) is 3.08. The highest BCUT2D eigenvalue weighted by molar-refractivity contribution is 5.77. The van der Waals surface area contributed by atoms with Crippen molar-refractivity contribution in [2.24, 2.45) is 5.92 Å². The van der Waals surface area contributed by atoms with E-state index >= 15 is 0 Å². The van der Waals surface area contributed by atoms with Gasteiger partial charge in [-0.1, -0.05) is 12.1 Å². The van der Waals surface area contributed by atoms with E-state index in [1.807, 2.05) is 33.7 Å². The standard InChI is InChI=1S/C16H21N3O2/c20-11-13-4-3-8-18(10-13)16(21)7-9-19-12-17-14-5-1-2-6-15(14)19/h1-2,5-6,12-13,20H,3-4,7-11H2. The lowest BCUT2D eigenvalue weighted by Crippen LogP contribution is -2.41. The van der Waals surface area contributed by atoms with Crippen molar-refractivity contribution in [3.8, 4) is 0 Å². The molecule has 0 aliphatic carbocycles. The van der Waals surface area contributed by atoms with Gasteiger partial charge in [0.15, 0.2) is 0 Å². The molecule has 1 aromatic heterocycles. The number of imidazole rings is 1. The molecule has 1 unspecified atom stereocenters. The summed E-state index contributed by atoms with van der Waals surface area (Å²) in [5, 5.41) is 9.24. The lowest BCUT2D eigenvalue weighted by Gasteiger charge is -2.32. The van der Waals surface area contributed by atoms with Crippen LogP contribution in [0.15, 0.2) is 30.6 Å². The van der Waals surface area contributed by atoms with Gasteiger partial charge in [0.1, 0.15) is 0 Å². The summed E-state index contributed by atoms with van der Waals surface area (Å²) >= 11 is 0. The second kappa shape index (κ2) is 6.26. The number of carbonyl (C=O) groups is 1. The first-order valence-electron chi connectivity index (χ1n) is 7.56. The zero-order valence-corrected chi connectivity index (χ0v) is 12.1. The van der Waals surface area contributed by atoms with Crippen molar-refractivity contribution in [1.29, 1.82) is 0 Å². The van der Waals surface area contributed by atoms with Gasteiger partial charge in [-0.3, -0.25) is 4.79 Å². The van der Waals surface area contributed by atoms with Gasteiger partial charge in [-0.05, 0) is 30.9 Å². The summed E-state index contributed by atoms with van der Waals surface area (Å²) in [4.78, 5) is 18.5. The summed E-state index contributed by atoms with van der Waals surface area (Å²) in [5.41, 5.74) is 2.03. The summed E-state index contributed by atoms with van der Waals surface area (Å²) in [6.45, 7) is 2.34. The highest BCUT2D eigenvalue weighted by Crippen LogP contribution is 2.17. The molecule has 0 radical (unpaired) electrons. The molecular formula is C16H21N3O2. The third-order valence-electron chi connectivity index (χ3n) is 4.22. The first-order valence-corrected chi connectivity index (χ1v) is 7.56. The van der Waals surface area contributed by atoms with Crippen LogP contribution in [0.1, 0.15) is 19.3 Å². The number of amides is 1. The van der Waals surface area contributed by atoms with E-state index in [1.54, 1.807) is 6.33 Å². The SMILES string of the molecule is O=C(CCn1cnc2ccccc21)N1CCCC(CO)C1. The third-order valence-corrected chi connectivity index (χ3v) is 4.22. The van der Waals surface area contributed by atoms with Crippen molar-refractivity contribution in [2.75, 3.05) is 19.7 Å². The summed E-state index contributed by atoms with van der Waals surface area (Å²) in [6.07, 6.45) is 4.29. The molecule has 0 bridgehead atoms. The molecule has 21 heavy (non-hydrogen) atoms. The highest BCUT2D eigenvalue weighted by Gasteiger charge is 2.22. The van der Waals surface area contributed by atoms with E-state index < -0.39 is 0 Å². The van der Waals surface area contributed by atoms with Crippen LogP contribution in [0.25, 0.3) is 11.0 Å². The number of aliphatic hydroxyl groups is 1. The summed E-state index contributed by atoms with van der Waals surface area (Å²) in [6, 6.07) is 7.95. The Labute approximate surface area is 124 Å². The fourth-order valence-electron chi connectivity index (χ4n) is 3.00. The van der Waals surface area contributed by atoms with E-state index in [2.05, 4.69) is 4.98 Å². The lowest BCUT2D eigenvalue weighted by molar-refractivity contribution is -0.133. The molecule has 0 saturated carbocycles. The van der Waals surface area contributed by atoms with Crippen LogP contribution in [0.3, 0.4) is 0 Å². The molecule has 1 N–H and O–H groups in total. The fraction of sp³-hybridized carbons (Fsp3) is 0.500. The largest absolute Gasteiger partial charge is 0.396 e. The number of aromatic nitrogens is 2. The molecule has 1 atom stereocenters. The molecule has 5 heteroatoms. The molecule has 112 valence electrons. The van der Waals surface area contributed by atoms with Crippen LogP contribution in [0.5, 0.6) is 0 Å². The van der Waals surface area contributed by atoms with E-state index in [9.17, 15) is 9.90 Å². The molecule has 1 aromatic carbocycles. The van der Waals surface area contributed by atoms with Gasteiger partial charge in [-0.15, -0.1) is 0 Å². The van der Waals surface area contributed by atoms with Crippen molar-refractivity contribution in [3.63, 3.8) is 0 Å². The molecule has 1 fully saturated rings. The molecule has 3 rings (SSSR count). The number of benzene rings is 1. The number of likely N-dealkylation sites (tertiary alicyclic amines) is 1. The van der Waals surface area contributed by atoms with Gasteiger partial charge < -0.3 is 14.6 Å². The number of aryl methyl sites for hydroxylation is 1. The Kier molecular flexibility index (Phi) is 4.20. The van der Waals surface area contributed by atoms with Crippen LogP contribution in [0, 0.1) is 5.92 Å². The van der Waals surface area contributed by atoms with Crippen molar-refractivity contribution in [2.45, 2.75) is 25.8 Å². The van der Waals surface area contributed by atoms with E-state index in [-0.39, 0.29) is 18.4 Å². The van der Waals surface area contributed by atoms with E-state index in [0.29, 0.717) is 19.5 Å². The maximum Gasteiger partial charge on any atom is 0.224 e. The van der Waals surface area contributed by atoms with Crippen molar-refractivity contribution < 1.29 is 9.90 Å². The molecule has 1 amide bonds. The molecular weight excluding hydrogens is 266 g/mol. The quantitative estimate of drug-likeness (QED) is 0.930. The number of hydrogen-bond donors (Lipinski definition) is 1. The van der Waals surface area contributed by atoms with Crippen LogP contribution in [0.4, 0.5) is 0 Å². The fourth-order valence-corrected chi connectivity index (χ4v) is 3.00. The summed E-state index contributed by atoms with van der Waals surface area (Å²) in [5.74, 6) is 0.419. The number of rotatable bonds is 4. The topological polar surface area (TPSA) is 58.4 Å². The maximum atomic E-state index is 12.3. The number of nitrogens with zero attached hydrogens (tertiary/aromatic N) is 3. The predicted molar refractivity (Wildman–Crippen MR) is 80.7 cm³/mol. The van der Waals surface area contributed by atoms with Gasteiger partial charge in [0.2, 0.25) is 5.91 Å². The Bertz CT molecular complexity index is 623. The first-order chi connectivity index (χ1) is 10.3. The summed E-state index contributed by atoms with van der Waals surface area (Å²) < 4.78 is 2.03. The summed E-state index contributed by atoms with van der Waals surface area (Å²) in [7, 11) is 0. The molecule has 0 spiro atoms. The molecule has 1 aliphatic heterocycles.